The van der Waals surface area contributed by atoms with Crippen molar-refractivity contribution in [2.24, 2.45) is 7.05 Å². The van der Waals surface area contributed by atoms with Crippen LogP contribution in [0.25, 0.3) is 43.1 Å². The highest BCUT2D eigenvalue weighted by atomic mass is 35.5. The highest BCUT2D eigenvalue weighted by Gasteiger charge is 2.35. The smallest absolute Gasteiger partial charge is 0.337 e. The molecule has 1 atom stereocenters. The van der Waals surface area contributed by atoms with Gasteiger partial charge in [-0.3, -0.25) is 9.58 Å². The molecule has 0 amide bonds. The second-order valence-electron chi connectivity index (χ2n) is 14.1. The summed E-state index contributed by atoms with van der Waals surface area (Å²) in [6.45, 7) is 12.0. The standard InChI is InChI=1S/C36H41ClN6O3S/c1-20-17-26-33(29(21-7-9-23(37)10-8-21)28(20)32(35(44)45)46-36(2,3)4)47-34(39-26)25-11-12-27-31(38-25)30(40-42(27)6)22-13-15-43(16-14-22)24-18-41(5)19-24/h7-12,17,22,24,32H,13-16,18-19H2,1-6H3,(H,44,45)/t32-/m0/s1. The van der Waals surface area contributed by atoms with Crippen LogP contribution in [0.15, 0.2) is 42.5 Å². The van der Waals surface area contributed by atoms with Gasteiger partial charge in [-0.05, 0) is 102 Å². The van der Waals surface area contributed by atoms with Gasteiger partial charge in [0.25, 0.3) is 0 Å². The van der Waals surface area contributed by atoms with E-state index in [1.165, 1.54) is 11.3 Å². The summed E-state index contributed by atoms with van der Waals surface area (Å²) < 4.78 is 9.01. The van der Waals surface area contributed by atoms with Crippen molar-refractivity contribution < 1.29 is 14.6 Å². The summed E-state index contributed by atoms with van der Waals surface area (Å²) in [7, 11) is 4.18. The molecule has 11 heteroatoms. The zero-order valence-corrected chi connectivity index (χ0v) is 29.3. The molecule has 0 unspecified atom stereocenters. The number of likely N-dealkylation sites (N-methyl/N-ethyl adjacent to an activating group) is 1. The van der Waals surface area contributed by atoms with Crippen molar-refractivity contribution in [3.63, 3.8) is 0 Å². The van der Waals surface area contributed by atoms with E-state index in [-0.39, 0.29) is 0 Å². The van der Waals surface area contributed by atoms with E-state index in [1.807, 2.05) is 75.8 Å². The molecule has 2 aliphatic heterocycles. The van der Waals surface area contributed by atoms with E-state index in [0.29, 0.717) is 22.5 Å². The number of ether oxygens (including phenoxy) is 1. The van der Waals surface area contributed by atoms with Crippen molar-refractivity contribution in [1.29, 1.82) is 0 Å². The number of benzene rings is 2. The van der Waals surface area contributed by atoms with Crippen LogP contribution in [-0.2, 0) is 16.6 Å². The van der Waals surface area contributed by atoms with Crippen molar-refractivity contribution in [1.82, 2.24) is 29.5 Å². The number of carboxylic acids is 1. The molecule has 2 fully saturated rings. The number of thiazole rings is 1. The molecule has 0 spiro atoms. The van der Waals surface area contributed by atoms with E-state index < -0.39 is 17.7 Å². The Kier molecular flexibility index (Phi) is 8.37. The number of pyridine rings is 1. The number of piperidine rings is 1. The van der Waals surface area contributed by atoms with Gasteiger partial charge in [0.1, 0.15) is 10.5 Å². The SMILES string of the molecule is Cc1cc2nc(-c3ccc4c(n3)c(C3CCN(C5CN(C)C5)CC3)nn4C)sc2c(-c2ccc(Cl)cc2)c1[C@H](OC(C)(C)C)C(=O)O. The minimum atomic E-state index is -1.17. The molecular formula is C36H41ClN6O3S. The Morgan fingerprint density at radius 1 is 1.06 bits per heavy atom. The van der Waals surface area contributed by atoms with E-state index >= 15 is 0 Å². The van der Waals surface area contributed by atoms with Gasteiger partial charge < -0.3 is 14.7 Å². The molecule has 2 aliphatic rings. The molecule has 47 heavy (non-hydrogen) atoms. The lowest BCUT2D eigenvalue weighted by molar-refractivity contribution is -0.160. The fraction of sp³-hybridized carbons (Fsp3) is 0.444. The number of hydrogen-bond donors (Lipinski definition) is 1. The Hall–Kier alpha value is -3.41. The number of rotatable bonds is 7. The molecule has 5 heterocycles. The number of aryl methyl sites for hydroxylation is 2. The van der Waals surface area contributed by atoms with Gasteiger partial charge in [0.05, 0.1) is 32.7 Å². The highest BCUT2D eigenvalue weighted by Crippen LogP contribution is 2.44. The van der Waals surface area contributed by atoms with E-state index in [2.05, 4.69) is 22.9 Å². The zero-order valence-electron chi connectivity index (χ0n) is 27.7. The van der Waals surface area contributed by atoms with Crippen LogP contribution in [0.5, 0.6) is 0 Å². The predicted octanol–water partition coefficient (Wildman–Crippen LogP) is 7.31. The summed E-state index contributed by atoms with van der Waals surface area (Å²) in [4.78, 5) is 28.0. The van der Waals surface area contributed by atoms with Gasteiger partial charge in [-0.15, -0.1) is 11.3 Å². The van der Waals surface area contributed by atoms with Crippen LogP contribution in [0.2, 0.25) is 5.02 Å². The lowest BCUT2D eigenvalue weighted by Crippen LogP contribution is -2.59. The van der Waals surface area contributed by atoms with E-state index in [1.54, 1.807) is 0 Å². The van der Waals surface area contributed by atoms with Crippen LogP contribution in [0.3, 0.4) is 0 Å². The summed E-state index contributed by atoms with van der Waals surface area (Å²) in [5.74, 6) is -0.673. The van der Waals surface area contributed by atoms with Gasteiger partial charge in [0, 0.05) is 48.2 Å². The van der Waals surface area contributed by atoms with Gasteiger partial charge in [-0.1, -0.05) is 23.7 Å². The summed E-state index contributed by atoms with van der Waals surface area (Å²) in [6, 6.07) is 14.3. The number of carbonyl (C=O) groups is 1. The Labute approximate surface area is 284 Å². The monoisotopic (exact) mass is 672 g/mol. The van der Waals surface area contributed by atoms with Gasteiger partial charge in [-0.2, -0.15) is 5.10 Å². The minimum Gasteiger partial charge on any atom is -0.479 e. The molecule has 5 aromatic rings. The third-order valence-corrected chi connectivity index (χ3v) is 10.8. The summed E-state index contributed by atoms with van der Waals surface area (Å²) in [5, 5.41) is 16.8. The van der Waals surface area contributed by atoms with Crippen LogP contribution in [0, 0.1) is 6.92 Å². The average molecular weight is 673 g/mol. The summed E-state index contributed by atoms with van der Waals surface area (Å²) in [6.07, 6.45) is 0.986. The normalized spacial score (nSPS) is 17.9. The second-order valence-corrected chi connectivity index (χ2v) is 15.5. The molecule has 2 saturated heterocycles. The first-order valence-electron chi connectivity index (χ1n) is 16.2. The highest BCUT2D eigenvalue weighted by molar-refractivity contribution is 7.22. The molecule has 0 bridgehead atoms. The molecule has 9 nitrogen and oxygen atoms in total. The number of nitrogens with zero attached hydrogens (tertiary/aromatic N) is 6. The van der Waals surface area contributed by atoms with E-state index in [9.17, 15) is 9.90 Å². The molecule has 0 aliphatic carbocycles. The maximum absolute atomic E-state index is 12.7. The van der Waals surface area contributed by atoms with Crippen molar-refractivity contribution in [3.05, 3.63) is 64.3 Å². The van der Waals surface area contributed by atoms with Crippen molar-refractivity contribution >= 4 is 50.2 Å². The Morgan fingerprint density at radius 2 is 1.77 bits per heavy atom. The molecule has 246 valence electrons. The lowest BCUT2D eigenvalue weighted by atomic mass is 9.91. The Bertz CT molecular complexity index is 1970. The van der Waals surface area contributed by atoms with Crippen molar-refractivity contribution in [2.75, 3.05) is 33.2 Å². The third kappa shape index (κ3) is 6.18. The first-order chi connectivity index (χ1) is 22.4. The van der Waals surface area contributed by atoms with E-state index in [0.717, 1.165) is 93.4 Å². The molecule has 0 radical (unpaired) electrons. The van der Waals surface area contributed by atoms with Crippen LogP contribution in [0.1, 0.15) is 62.5 Å². The maximum atomic E-state index is 12.7. The largest absolute Gasteiger partial charge is 0.479 e. The quantitative estimate of drug-likeness (QED) is 0.192. The van der Waals surface area contributed by atoms with Gasteiger partial charge >= 0.3 is 5.97 Å². The van der Waals surface area contributed by atoms with Crippen molar-refractivity contribution in [2.45, 2.75) is 64.2 Å². The molecule has 2 aromatic carbocycles. The van der Waals surface area contributed by atoms with Crippen LogP contribution >= 0.6 is 22.9 Å². The number of carboxylic acid groups (broad SMARTS) is 1. The minimum absolute atomic E-state index is 0.364. The summed E-state index contributed by atoms with van der Waals surface area (Å²) >= 11 is 7.80. The molecular weight excluding hydrogens is 632 g/mol. The first kappa shape index (κ1) is 32.2. The molecule has 3 aromatic heterocycles. The topological polar surface area (TPSA) is 96.6 Å². The fourth-order valence-electron chi connectivity index (χ4n) is 7.14. The van der Waals surface area contributed by atoms with Crippen LogP contribution in [-0.4, -0.2) is 85.5 Å². The fourth-order valence-corrected chi connectivity index (χ4v) is 8.36. The number of aromatic nitrogens is 4. The molecule has 7 rings (SSSR count). The molecule has 1 N–H and O–H groups in total. The zero-order chi connectivity index (χ0) is 33.2. The lowest BCUT2D eigenvalue weighted by Gasteiger charge is -2.46. The Balaban J connectivity index is 1.31. The van der Waals surface area contributed by atoms with E-state index in [4.69, 9.17) is 31.4 Å². The number of aliphatic carboxylic acids is 1. The summed E-state index contributed by atoms with van der Waals surface area (Å²) in [5.41, 5.74) is 6.99. The van der Waals surface area contributed by atoms with Crippen LogP contribution < -0.4 is 0 Å². The van der Waals surface area contributed by atoms with Gasteiger partial charge in [0.15, 0.2) is 6.10 Å². The first-order valence-corrected chi connectivity index (χ1v) is 17.4. The second kappa shape index (κ2) is 12.2. The number of hydrogen-bond acceptors (Lipinski definition) is 8. The predicted molar refractivity (Wildman–Crippen MR) is 188 cm³/mol. The number of likely N-dealkylation sites (tertiary alicyclic amines) is 2. The van der Waals surface area contributed by atoms with Gasteiger partial charge in [-0.25, -0.2) is 14.8 Å². The Morgan fingerprint density at radius 3 is 2.40 bits per heavy atom. The average Bonchev–Trinajstić information content (AvgIpc) is 3.58. The third-order valence-electron chi connectivity index (χ3n) is 9.44. The maximum Gasteiger partial charge on any atom is 0.337 e. The van der Waals surface area contributed by atoms with Crippen molar-refractivity contribution in [3.8, 4) is 21.8 Å². The number of fused-ring (bicyclic) bond motifs is 2. The number of halogens is 1. The molecule has 0 saturated carbocycles. The van der Waals surface area contributed by atoms with Gasteiger partial charge in [0.2, 0.25) is 0 Å². The van der Waals surface area contributed by atoms with Crippen LogP contribution in [0.4, 0.5) is 0 Å².